The molecule has 0 bridgehead atoms. The zero-order valence-corrected chi connectivity index (χ0v) is 68.0. The van der Waals surface area contributed by atoms with Gasteiger partial charge >= 0.3 is 6.03 Å². The highest BCUT2D eigenvalue weighted by Gasteiger charge is 2.76. The van der Waals surface area contributed by atoms with Crippen molar-refractivity contribution in [2.45, 2.75) is 194 Å². The number of urea groups is 1. The van der Waals surface area contributed by atoms with Crippen molar-refractivity contribution in [2.24, 2.45) is 45.3 Å². The number of nitrogens with zero attached hydrogens (tertiary/aromatic N) is 9. The second kappa shape index (κ2) is 38.6. The molecule has 1 aliphatic carbocycles. The Morgan fingerprint density at radius 1 is 0.567 bits per heavy atom. The summed E-state index contributed by atoms with van der Waals surface area (Å²) in [6.45, 7) is 24.9. The number of amides is 5. The predicted molar refractivity (Wildman–Crippen MR) is 407 cm³/mol. The average molecular weight is 1530 g/mol. The Morgan fingerprint density at radius 2 is 1.11 bits per heavy atom. The van der Waals surface area contributed by atoms with Crippen molar-refractivity contribution in [3.8, 4) is 0 Å². The molecule has 104 heavy (non-hydrogen) atoms. The van der Waals surface area contributed by atoms with Crippen LogP contribution in [0.3, 0.4) is 0 Å². The topological polar surface area (TPSA) is 292 Å². The number of Topliss-reactive ketones (excluding diaryl/α,β-unsaturated/α-hetero) is 1. The number of carbonyl (C=O) groups is 5. The number of ketones is 1. The first-order chi connectivity index (χ1) is 49.1. The molecule has 8 rings (SSSR count). The van der Waals surface area contributed by atoms with Gasteiger partial charge in [0, 0.05) is 196 Å². The Kier molecular flexibility index (Phi) is 32.1. The van der Waals surface area contributed by atoms with Gasteiger partial charge in [-0.1, -0.05) is 33.1 Å². The van der Waals surface area contributed by atoms with E-state index in [-0.39, 0.29) is 85.3 Å². The molecule has 0 aromatic heterocycles. The van der Waals surface area contributed by atoms with Gasteiger partial charge in [-0.15, -0.1) is 0 Å². The molecule has 29 heteroatoms. The number of sulfonamides is 3. The molecule has 1 saturated carbocycles. The van der Waals surface area contributed by atoms with E-state index in [1.807, 2.05) is 14.7 Å². The van der Waals surface area contributed by atoms with E-state index in [1.54, 1.807) is 36.3 Å². The van der Waals surface area contributed by atoms with Crippen LogP contribution in [0.15, 0.2) is 0 Å². The fourth-order valence-electron chi connectivity index (χ4n) is 21.2. The summed E-state index contributed by atoms with van der Waals surface area (Å²) in [5.74, 6) is 0.892. The third-order valence-corrected chi connectivity index (χ3v) is 29.4. The first-order valence-electron chi connectivity index (χ1n) is 39.9. The number of unbranched alkanes of at least 4 members (excludes halogenated alkanes) is 3. The number of aliphatic hydroxyl groups is 1. The van der Waals surface area contributed by atoms with Gasteiger partial charge in [-0.25, -0.2) is 39.1 Å². The number of nitrogens with one attached hydrogen (secondary N) is 3. The zero-order valence-electron chi connectivity index (χ0n) is 65.5. The van der Waals surface area contributed by atoms with Gasteiger partial charge in [-0.2, -0.15) is 4.31 Å². The molecule has 8 fully saturated rings. The SMILES string of the molecule is CC(=O)CC(C)(C)CC(CCN1CCN(C)CC1)(C1CCN(S(C)(=O)=O)CC1)C(CCCCNC(=O)N1CCOCC1)(C1(O)CCC1)C(CCCCNC(C)=O)(C1CCN(C(C)=O)CC1)C(CC(CN1CCN(S(C)(=O)=O)CC1)[C](CCCCNS(C)(=O)=O)C1CCOCC1)N1CCN(C(C)=O)CC1. The molecule has 1 radical (unpaired) electrons. The van der Waals surface area contributed by atoms with Gasteiger partial charge in [-0.05, 0) is 182 Å². The number of morpholine rings is 1. The Bertz CT molecular complexity index is 3100. The van der Waals surface area contributed by atoms with Gasteiger partial charge in [0.25, 0.3) is 0 Å². The van der Waals surface area contributed by atoms with Crippen molar-refractivity contribution in [1.82, 2.24) is 58.3 Å². The molecule has 0 aromatic carbocycles. The lowest BCUT2D eigenvalue weighted by molar-refractivity contribution is -0.317. The Hall–Kier alpha value is -3.20. The van der Waals surface area contributed by atoms with E-state index in [0.717, 1.165) is 45.4 Å². The number of hydrogen-bond donors (Lipinski definition) is 4. The monoisotopic (exact) mass is 1530 g/mol. The minimum atomic E-state index is -3.66. The second-order valence-corrected chi connectivity index (χ2v) is 39.4. The fourth-order valence-corrected chi connectivity index (χ4v) is 23.5. The van der Waals surface area contributed by atoms with E-state index in [0.29, 0.717) is 247 Å². The van der Waals surface area contributed by atoms with Crippen LogP contribution in [0.25, 0.3) is 0 Å². The summed E-state index contributed by atoms with van der Waals surface area (Å²) in [4.78, 5) is 85.5. The number of piperazine rings is 3. The molecule has 26 nitrogen and oxygen atoms in total. The Morgan fingerprint density at radius 3 is 1.65 bits per heavy atom. The summed E-state index contributed by atoms with van der Waals surface area (Å²) in [5.41, 5.74) is -4.99. The summed E-state index contributed by atoms with van der Waals surface area (Å²) < 4.78 is 98.0. The molecule has 0 spiro atoms. The van der Waals surface area contributed by atoms with Crippen LogP contribution in [-0.4, -0.2) is 317 Å². The molecule has 0 aromatic rings. The molecule has 5 amide bonds. The molecule has 5 atom stereocenters. The molecule has 5 unspecified atom stereocenters. The maximum Gasteiger partial charge on any atom is 0.317 e. The van der Waals surface area contributed by atoms with Gasteiger partial charge < -0.3 is 59.4 Å². The lowest BCUT2D eigenvalue weighted by atomic mass is 9.30. The summed E-state index contributed by atoms with van der Waals surface area (Å²) in [6, 6.07) is -0.527. The third-order valence-electron chi connectivity index (χ3n) is 26.0. The maximum absolute atomic E-state index is 15.9. The van der Waals surface area contributed by atoms with Crippen molar-refractivity contribution >= 4 is 59.6 Å². The number of piperidine rings is 2. The van der Waals surface area contributed by atoms with Crippen LogP contribution < -0.4 is 15.4 Å². The number of hydrogen-bond acceptors (Lipinski definition) is 18. The normalized spacial score (nSPS) is 23.9. The van der Waals surface area contributed by atoms with E-state index in [9.17, 15) is 49.2 Å². The Balaban J connectivity index is 1.52. The summed E-state index contributed by atoms with van der Waals surface area (Å²) in [7, 11) is -8.48. The first-order valence-corrected chi connectivity index (χ1v) is 45.4. The third kappa shape index (κ3) is 22.8. The summed E-state index contributed by atoms with van der Waals surface area (Å²) in [6.07, 6.45) is 16.9. The molecular formula is C75H137N12O14S3. The van der Waals surface area contributed by atoms with E-state index in [1.165, 1.54) is 24.7 Å². The van der Waals surface area contributed by atoms with Crippen LogP contribution in [-0.2, 0) is 58.7 Å². The predicted octanol–water partition coefficient (Wildman–Crippen LogP) is 5.18. The van der Waals surface area contributed by atoms with E-state index in [2.05, 4.69) is 55.9 Å². The largest absolute Gasteiger partial charge is 0.389 e. The minimum absolute atomic E-state index is 0.00658. The summed E-state index contributed by atoms with van der Waals surface area (Å²) in [5, 5.41) is 22.4. The van der Waals surface area contributed by atoms with Crippen molar-refractivity contribution < 1.29 is 63.8 Å². The standard InChI is InChI=1S/C75H137N12O14S3/c1-60(88)57-71(5,6)59-72(29-37-80-40-38-79(7)39-41-80,66-21-35-86(36-22-66)103(9,96)97)75(73(93)25-17-26-73,28-13-16-31-77-70(92)85-50-54-101-55-51-85)74(27-12-15-30-76-61(2)89,67-19-33-82(34-20-67)62(3)90)69(84-46-44-83(45-47-84)63(4)91)56-65(58-81-42-48-87(49-43-81)104(10,98)99)68(64-23-52-100-53-24-64)18-11-14-32-78-102(8,94)95/h64-67,69,78,93H,11-59H2,1-10H3,(H,76,89)(H,77,92). The van der Waals surface area contributed by atoms with Crippen LogP contribution in [0, 0.1) is 51.2 Å². The van der Waals surface area contributed by atoms with Crippen LogP contribution in [0.2, 0.25) is 0 Å². The lowest BCUT2D eigenvalue weighted by Gasteiger charge is -2.76. The number of rotatable bonds is 38. The molecule has 7 saturated heterocycles. The molecular weight excluding hydrogens is 1390 g/mol. The van der Waals surface area contributed by atoms with Gasteiger partial charge in [-0.3, -0.25) is 19.3 Å². The van der Waals surface area contributed by atoms with Crippen LogP contribution in [0.4, 0.5) is 4.79 Å². The minimum Gasteiger partial charge on any atom is -0.389 e. The highest BCUT2D eigenvalue weighted by Crippen LogP contribution is 2.77. The van der Waals surface area contributed by atoms with Gasteiger partial charge in [0.2, 0.25) is 47.8 Å². The van der Waals surface area contributed by atoms with Gasteiger partial charge in [0.15, 0.2) is 0 Å². The van der Waals surface area contributed by atoms with Gasteiger partial charge in [0.05, 0.1) is 37.6 Å². The highest BCUT2D eigenvalue weighted by atomic mass is 32.2. The number of ether oxygens (including phenoxy) is 2. The van der Waals surface area contributed by atoms with Crippen LogP contribution in [0.5, 0.6) is 0 Å². The van der Waals surface area contributed by atoms with Crippen molar-refractivity contribution in [3.05, 3.63) is 5.92 Å². The van der Waals surface area contributed by atoms with Crippen molar-refractivity contribution in [1.29, 1.82) is 0 Å². The number of carbonyl (C=O) groups excluding carboxylic acids is 5. The Labute approximate surface area is 626 Å². The zero-order chi connectivity index (χ0) is 75.7. The van der Waals surface area contributed by atoms with E-state index >= 15 is 5.11 Å². The van der Waals surface area contributed by atoms with E-state index < -0.39 is 57.3 Å². The fraction of sp³-hybridized carbons (Fsp3) is 0.920. The number of likely N-dealkylation sites (N-methyl/N-ethyl adjacent to an activating group) is 1. The summed E-state index contributed by atoms with van der Waals surface area (Å²) >= 11 is 0. The molecule has 7 heterocycles. The molecule has 7 aliphatic heterocycles. The van der Waals surface area contributed by atoms with Crippen LogP contribution >= 0.6 is 0 Å². The first kappa shape index (κ1) is 86.4. The van der Waals surface area contributed by atoms with E-state index in [4.69, 9.17) is 9.47 Å². The highest BCUT2D eigenvalue weighted by molar-refractivity contribution is 7.89. The lowest BCUT2D eigenvalue weighted by Crippen LogP contribution is -2.77. The average Bonchev–Trinajstić information content (AvgIpc) is 0.662. The van der Waals surface area contributed by atoms with Crippen molar-refractivity contribution in [3.63, 3.8) is 0 Å². The van der Waals surface area contributed by atoms with Crippen LogP contribution in [0.1, 0.15) is 183 Å². The maximum atomic E-state index is 15.9. The molecule has 599 valence electrons. The molecule has 4 N–H and O–H groups in total. The number of likely N-dealkylation sites (tertiary alicyclic amines) is 1. The van der Waals surface area contributed by atoms with Crippen molar-refractivity contribution in [2.75, 3.05) is 203 Å². The smallest absolute Gasteiger partial charge is 0.317 e. The molecule has 8 aliphatic rings. The van der Waals surface area contributed by atoms with Gasteiger partial charge in [0.1, 0.15) is 5.78 Å². The quantitative estimate of drug-likeness (QED) is 0.0579. The second-order valence-electron chi connectivity index (χ2n) is 33.6.